The van der Waals surface area contributed by atoms with Gasteiger partial charge in [-0.05, 0) is 245 Å². The number of esters is 2. The lowest BCUT2D eigenvalue weighted by atomic mass is 9.40. The first-order chi connectivity index (χ1) is 54.2. The first kappa shape index (κ1) is 105. The number of benzene rings is 4. The van der Waals surface area contributed by atoms with E-state index in [1.165, 1.54) is 83.1 Å². The molecule has 0 atom stereocenters. The molecule has 0 unspecified atom stereocenters. The molecule has 649 valence electrons. The van der Waals surface area contributed by atoms with Crippen molar-refractivity contribution < 1.29 is 104 Å². The van der Waals surface area contributed by atoms with Gasteiger partial charge in [0, 0.05) is 56.2 Å². The highest BCUT2D eigenvalue weighted by Crippen LogP contribution is 2.62. The van der Waals surface area contributed by atoms with Crippen LogP contribution >= 0.6 is 34.3 Å². The van der Waals surface area contributed by atoms with E-state index in [-0.39, 0.29) is 56.3 Å². The molecule has 8 saturated carbocycles. The molecule has 35 heteroatoms. The maximum Gasteiger partial charge on any atom is 0.476 e. The molecule has 0 aromatic heterocycles. The van der Waals surface area contributed by atoms with Gasteiger partial charge in [-0.15, -0.1) is 37.6 Å². The van der Waals surface area contributed by atoms with Crippen LogP contribution in [0.2, 0.25) is 19.6 Å². The van der Waals surface area contributed by atoms with Gasteiger partial charge in [0.25, 0.3) is 23.6 Å². The van der Waals surface area contributed by atoms with Crippen molar-refractivity contribution in [3.05, 3.63) is 70.8 Å². The van der Waals surface area contributed by atoms with Crippen LogP contribution in [0, 0.1) is 46.3 Å². The fraction of sp³-hybridized carbons (Fsp3) is 0.679. The van der Waals surface area contributed by atoms with E-state index in [0.29, 0.717) is 96.0 Å². The lowest BCUT2D eigenvalue weighted by Crippen LogP contribution is -2.46. The predicted molar refractivity (Wildman–Crippen MR) is 451 cm³/mol. The van der Waals surface area contributed by atoms with Crippen molar-refractivity contribution in [2.24, 2.45) is 46.3 Å². The number of carbonyl (C=O) groups excluding carboxylic acids is 6. The predicted octanol–water partition coefficient (Wildman–Crippen LogP) is 19.6. The highest BCUT2D eigenvalue weighted by atomic mass is 35.6. The molecule has 2 aliphatic heterocycles. The Morgan fingerprint density at radius 3 is 1.09 bits per heavy atom. The zero-order valence-corrected chi connectivity index (χ0v) is 73.6. The number of imide groups is 2. The number of unbranched alkanes of at least 4 members (excludes halogenated alkanes) is 4. The van der Waals surface area contributed by atoms with E-state index in [2.05, 4.69) is 85.8 Å². The molecule has 4 amide bonds. The van der Waals surface area contributed by atoms with Crippen molar-refractivity contribution in [2.75, 3.05) is 64.9 Å². The van der Waals surface area contributed by atoms with Gasteiger partial charge in [-0.3, -0.25) is 29.3 Å². The number of hydroxylamine groups is 4. The second kappa shape index (κ2) is 50.7. The highest BCUT2D eigenvalue weighted by molar-refractivity contribution is 7.81. The Bertz CT molecular complexity index is 3870. The lowest BCUT2D eigenvalue weighted by molar-refractivity contribution is -0.148. The fourth-order valence-corrected chi connectivity index (χ4v) is 17.8. The van der Waals surface area contributed by atoms with Gasteiger partial charge >= 0.3 is 33.1 Å². The molecule has 8 fully saturated rings. The molecule has 8 aliphatic carbocycles. The Hall–Kier alpha value is -5.47. The van der Waals surface area contributed by atoms with Crippen molar-refractivity contribution in [1.82, 2.24) is 15.0 Å². The zero-order chi connectivity index (χ0) is 86.2. The quantitative estimate of drug-likeness (QED) is 0.00609. The maximum absolute atomic E-state index is 13.1. The van der Waals surface area contributed by atoms with E-state index in [1.54, 1.807) is 42.5 Å². The summed E-state index contributed by atoms with van der Waals surface area (Å²) >= 11 is 15.2. The van der Waals surface area contributed by atoms with Gasteiger partial charge in [0.05, 0.1) is 67.2 Å². The van der Waals surface area contributed by atoms with Crippen LogP contribution < -0.4 is 18.9 Å². The molecular formula is C81H121B3Cl3F5N3O18S2Si. The molecule has 2 heterocycles. The summed E-state index contributed by atoms with van der Waals surface area (Å²) in [5, 5.41) is 12.1. The third-order valence-corrected chi connectivity index (χ3v) is 21.4. The van der Waals surface area contributed by atoms with Gasteiger partial charge in [-0.25, -0.2) is 18.4 Å². The highest BCUT2D eigenvalue weighted by Gasteiger charge is 2.52. The van der Waals surface area contributed by atoms with Gasteiger partial charge in [0.15, 0.2) is 13.3 Å². The van der Waals surface area contributed by atoms with E-state index >= 15 is 0 Å². The van der Waals surface area contributed by atoms with Crippen LogP contribution in [0.15, 0.2) is 48.5 Å². The Kier molecular flexibility index (Phi) is 45.8. The van der Waals surface area contributed by atoms with Gasteiger partial charge < -0.3 is 28.4 Å². The summed E-state index contributed by atoms with van der Waals surface area (Å²) in [7, 11) is -2.40. The molecular weight excluding hydrogens is 1630 g/mol. The number of rotatable bonds is 29. The number of nitrogens with zero attached hydrogens (tertiary/aromatic N) is 3. The molecule has 4 aromatic rings. The largest absolute Gasteiger partial charge is 0.493 e. The standard InChI is InChI=1S/C20H22FNO7S.C20H23NO5.2C14H21FO2.C8H19N.C3H9ClSi.CH2Cl2.CH4.B3.F2O2S/c1-3-5-11-27-15-9-8-14-17-13(15)7-10-16(28-12-6-4-2)18(17)20(24)22(19(14)23)29-30(21,25)26;1-3-5-11-25-15-9-8-14-17-13(15)7-10-16(26-12-6-4-2)18(17)20(23)21(24)19(14)22;2*15-9-13(16)17-2-1-14-6-10-3-11(7-14)5-12(4-10)8-14;1-6-9(7(2)3)8(4)5;1-5(2,3)4;2-1-3;;1-3-2;1-5(2,3)4/h7-10H,3-6,11-12H2,1-2H3;7-10,24H,3-6,11-12H2,1-2H3;2*10-12H,1-9H2;7-8H,6H2,1-5H3;1-3H3;1H2;1H4;;. The van der Waals surface area contributed by atoms with E-state index in [4.69, 9.17) is 71.1 Å². The van der Waals surface area contributed by atoms with E-state index < -0.39 is 77.4 Å². The molecule has 5 radical (unpaired) electrons. The average Bonchev–Trinajstić information content (AvgIpc) is 0.721. The summed E-state index contributed by atoms with van der Waals surface area (Å²) in [6.45, 7) is 27.4. The molecule has 4 aromatic carbocycles. The molecule has 0 spiro atoms. The molecule has 116 heavy (non-hydrogen) atoms. The second-order valence-corrected chi connectivity index (χ2v) is 41.9. The van der Waals surface area contributed by atoms with Crippen LogP contribution in [0.5, 0.6) is 23.0 Å². The Labute approximate surface area is 704 Å². The van der Waals surface area contributed by atoms with Crippen LogP contribution in [-0.4, -0.2) is 180 Å². The Morgan fingerprint density at radius 2 is 0.828 bits per heavy atom. The molecule has 1 N–H and O–H groups in total. The SMILES string of the molecule is C.CCCCOc1ccc2c(OCCCC)ccc3c2c1C(=O)N(O)C3=O.CCCCOc1ccc2c(OCCCC)ccc3c2c1C(=O)N(OS(=O)(=O)F)C3=O.CCN(C(C)C)C(C)C.C[Si](C)(C)Cl.ClCCl.O=C(CF)OCCC12CC3CC(CC(C3)C1)C2.O=C(CF)OCCC12CC3CC(CC(C3)C1)C2.O=S(=O)(F)F.[B][B][B]. The van der Waals surface area contributed by atoms with Crippen LogP contribution in [0.1, 0.15) is 252 Å². The Balaban J connectivity index is 0.000000369. The zero-order valence-electron chi connectivity index (χ0n) is 68.7. The summed E-state index contributed by atoms with van der Waals surface area (Å²) in [4.78, 5) is 74.6. The second-order valence-electron chi connectivity index (χ2n) is 31.8. The summed E-state index contributed by atoms with van der Waals surface area (Å²) in [5.41, 5.74) is 1.24. The molecule has 8 bridgehead atoms. The van der Waals surface area contributed by atoms with Crippen LogP contribution in [0.3, 0.4) is 0 Å². The van der Waals surface area contributed by atoms with E-state index in [0.717, 1.165) is 113 Å². The van der Waals surface area contributed by atoms with Crippen LogP contribution in [-0.2, 0) is 44.5 Å². The number of halogens is 8. The third-order valence-electron chi connectivity index (χ3n) is 21.1. The maximum atomic E-state index is 13.1. The Morgan fingerprint density at radius 1 is 0.543 bits per heavy atom. The summed E-state index contributed by atoms with van der Waals surface area (Å²) in [6, 6.07) is 14.3. The third kappa shape index (κ3) is 33.5. The summed E-state index contributed by atoms with van der Waals surface area (Å²) in [5.74, 6) is 2.04. The summed E-state index contributed by atoms with van der Waals surface area (Å²) in [6.07, 6.45) is 25.5. The topological polar surface area (TPSA) is 265 Å². The van der Waals surface area contributed by atoms with Crippen LogP contribution in [0.4, 0.5) is 20.4 Å². The van der Waals surface area contributed by atoms with Gasteiger partial charge in [-0.1, -0.05) is 99.0 Å². The fourth-order valence-electron chi connectivity index (χ4n) is 17.5. The van der Waals surface area contributed by atoms with Crippen LogP contribution in [0.25, 0.3) is 21.5 Å². The number of carbonyl (C=O) groups is 6. The summed E-state index contributed by atoms with van der Waals surface area (Å²) < 4.78 is 133. The number of amides is 4. The van der Waals surface area contributed by atoms with Crippen molar-refractivity contribution in [3.63, 3.8) is 0 Å². The average molecular weight is 1750 g/mol. The van der Waals surface area contributed by atoms with E-state index in [1.807, 2.05) is 20.8 Å². The lowest BCUT2D eigenvalue weighted by Gasteiger charge is -2.57. The minimum absolute atomic E-state index is 0. The molecule has 14 rings (SSSR count). The first-order valence-corrected chi connectivity index (χ1v) is 48.1. The normalized spacial score (nSPS) is 21.3. The van der Waals surface area contributed by atoms with Crippen molar-refractivity contribution in [2.45, 2.75) is 243 Å². The van der Waals surface area contributed by atoms with E-state index in [9.17, 15) is 62.8 Å². The van der Waals surface area contributed by atoms with Crippen molar-refractivity contribution in [3.8, 4) is 23.0 Å². The van der Waals surface area contributed by atoms with Gasteiger partial charge in [0.2, 0.25) is 0 Å². The number of alkyl halides is 4. The minimum atomic E-state index is -5.67. The number of hydrogen-bond donors (Lipinski definition) is 1. The first-order valence-electron chi connectivity index (χ1n) is 39.9. The van der Waals surface area contributed by atoms with Gasteiger partial charge in [-0.2, -0.15) is 27.9 Å². The van der Waals surface area contributed by atoms with Crippen molar-refractivity contribution >= 4 is 142 Å². The number of hydrogen-bond acceptors (Lipinski definition) is 19. The minimum Gasteiger partial charge on any atom is -0.493 e. The molecule has 0 saturated heterocycles. The number of ether oxygens (including phenoxy) is 6. The smallest absolute Gasteiger partial charge is 0.476 e. The monoisotopic (exact) mass is 1750 g/mol. The molecule has 10 aliphatic rings. The van der Waals surface area contributed by atoms with Crippen molar-refractivity contribution in [1.29, 1.82) is 0 Å². The van der Waals surface area contributed by atoms with Gasteiger partial charge in [0.1, 0.15) is 30.4 Å². The molecule has 21 nitrogen and oxygen atoms in total.